The number of urea groups is 1. The molecular weight excluding hydrogens is 384 g/mol. The van der Waals surface area contributed by atoms with E-state index in [2.05, 4.69) is 5.32 Å². The molecule has 1 saturated heterocycles. The molecule has 2 aromatic rings. The molecule has 0 saturated carbocycles. The van der Waals surface area contributed by atoms with E-state index in [9.17, 15) is 9.59 Å². The van der Waals surface area contributed by atoms with Crippen LogP contribution in [0.3, 0.4) is 0 Å². The summed E-state index contributed by atoms with van der Waals surface area (Å²) in [6.45, 7) is 2.85. The van der Waals surface area contributed by atoms with Crippen molar-refractivity contribution >= 4 is 23.5 Å². The first kappa shape index (κ1) is 18.4. The Bertz CT molecular complexity index is 935. The van der Waals surface area contributed by atoms with Gasteiger partial charge in [0.2, 0.25) is 0 Å². The van der Waals surface area contributed by atoms with E-state index in [0.717, 1.165) is 4.90 Å². The number of carbonyl (C=O) groups excluding carboxylic acids is 2. The van der Waals surface area contributed by atoms with Gasteiger partial charge in [0.15, 0.2) is 11.5 Å². The fourth-order valence-electron chi connectivity index (χ4n) is 3.26. The van der Waals surface area contributed by atoms with Gasteiger partial charge >= 0.3 is 6.03 Å². The second-order valence-electron chi connectivity index (χ2n) is 6.65. The van der Waals surface area contributed by atoms with E-state index in [4.69, 9.17) is 25.8 Å². The molecule has 2 heterocycles. The van der Waals surface area contributed by atoms with Gasteiger partial charge in [0.05, 0.1) is 11.6 Å². The average Bonchev–Trinajstić information content (AvgIpc) is 2.93. The van der Waals surface area contributed by atoms with Crippen molar-refractivity contribution in [3.8, 4) is 17.2 Å². The Hall–Kier alpha value is -2.93. The van der Waals surface area contributed by atoms with E-state index in [1.54, 1.807) is 49.4 Å². The van der Waals surface area contributed by atoms with Gasteiger partial charge in [-0.2, -0.15) is 0 Å². The normalized spacial score (nSPS) is 20.9. The van der Waals surface area contributed by atoms with Crippen molar-refractivity contribution in [3.63, 3.8) is 0 Å². The summed E-state index contributed by atoms with van der Waals surface area (Å²) in [5.41, 5.74) is -0.554. The molecule has 4 rings (SSSR count). The number of carbonyl (C=O) groups is 2. The van der Waals surface area contributed by atoms with E-state index in [-0.39, 0.29) is 19.1 Å². The molecule has 0 aromatic heterocycles. The Labute approximate surface area is 167 Å². The van der Waals surface area contributed by atoms with Crippen molar-refractivity contribution in [3.05, 3.63) is 53.1 Å². The van der Waals surface area contributed by atoms with E-state index in [0.29, 0.717) is 41.0 Å². The van der Waals surface area contributed by atoms with Crippen molar-refractivity contribution < 1.29 is 23.8 Å². The Balaban J connectivity index is 1.48. The number of ether oxygens (including phenoxy) is 3. The molecule has 28 heavy (non-hydrogen) atoms. The zero-order valence-electron chi connectivity index (χ0n) is 15.2. The van der Waals surface area contributed by atoms with E-state index in [1.165, 1.54) is 0 Å². The molecule has 1 atom stereocenters. The van der Waals surface area contributed by atoms with Gasteiger partial charge in [-0.1, -0.05) is 29.8 Å². The van der Waals surface area contributed by atoms with Gasteiger partial charge in [-0.3, -0.25) is 9.69 Å². The van der Waals surface area contributed by atoms with E-state index < -0.39 is 11.6 Å². The Kier molecular flexibility index (Phi) is 4.77. The summed E-state index contributed by atoms with van der Waals surface area (Å²) in [7, 11) is 0. The zero-order chi connectivity index (χ0) is 19.7. The minimum absolute atomic E-state index is 0.107. The van der Waals surface area contributed by atoms with E-state index >= 15 is 0 Å². The number of hydrogen-bond acceptors (Lipinski definition) is 5. The quantitative estimate of drug-likeness (QED) is 0.778. The fourth-order valence-corrected chi connectivity index (χ4v) is 3.45. The van der Waals surface area contributed by atoms with Crippen LogP contribution in [0.4, 0.5) is 4.79 Å². The Morgan fingerprint density at radius 2 is 1.89 bits per heavy atom. The standard InChI is InChI=1S/C20H19ClN2O5/c1-20(13-6-7-16-17(12-13)28-11-10-27-16)18(24)23(19(25)22-20)8-9-26-15-5-3-2-4-14(15)21/h2-7,12H,8-11H2,1H3,(H,22,25)/t20-/m1/s1. The van der Waals surface area contributed by atoms with E-state index in [1.807, 2.05) is 0 Å². The molecular formula is C20H19ClN2O5. The number of halogens is 1. The molecule has 0 radical (unpaired) electrons. The van der Waals surface area contributed by atoms with Crippen molar-refractivity contribution in [2.24, 2.45) is 0 Å². The molecule has 2 aliphatic rings. The van der Waals surface area contributed by atoms with Crippen LogP contribution in [0, 0.1) is 0 Å². The summed E-state index contributed by atoms with van der Waals surface area (Å²) in [6, 6.07) is 11.8. The number of para-hydroxylation sites is 1. The highest BCUT2D eigenvalue weighted by Gasteiger charge is 2.49. The minimum atomic E-state index is -1.18. The SMILES string of the molecule is C[C@]1(c2ccc3c(c2)OCCO3)NC(=O)N(CCOc2ccccc2Cl)C1=O. The summed E-state index contributed by atoms with van der Waals surface area (Å²) in [6.07, 6.45) is 0. The van der Waals surface area contributed by atoms with Crippen LogP contribution >= 0.6 is 11.6 Å². The lowest BCUT2D eigenvalue weighted by Crippen LogP contribution is -2.41. The number of nitrogens with zero attached hydrogens (tertiary/aromatic N) is 1. The number of benzene rings is 2. The molecule has 1 N–H and O–H groups in total. The summed E-state index contributed by atoms with van der Waals surface area (Å²) >= 11 is 6.05. The third kappa shape index (κ3) is 3.22. The monoisotopic (exact) mass is 402 g/mol. The second-order valence-corrected chi connectivity index (χ2v) is 7.06. The molecule has 2 aromatic carbocycles. The van der Waals surface area contributed by atoms with Gasteiger partial charge in [-0.25, -0.2) is 4.79 Å². The van der Waals surface area contributed by atoms with Crippen molar-refractivity contribution in [1.82, 2.24) is 10.2 Å². The summed E-state index contributed by atoms with van der Waals surface area (Å²) in [5, 5.41) is 3.25. The van der Waals surface area contributed by atoms with Crippen LogP contribution in [0.5, 0.6) is 17.2 Å². The molecule has 8 heteroatoms. The molecule has 146 valence electrons. The zero-order valence-corrected chi connectivity index (χ0v) is 16.0. The highest BCUT2D eigenvalue weighted by molar-refractivity contribution is 6.32. The van der Waals surface area contributed by atoms with Gasteiger partial charge in [0, 0.05) is 0 Å². The van der Waals surface area contributed by atoms with Crippen LogP contribution in [0.2, 0.25) is 5.02 Å². The largest absolute Gasteiger partial charge is 0.490 e. The van der Waals surface area contributed by atoms with Crippen LogP contribution in [0.25, 0.3) is 0 Å². The molecule has 0 aliphatic carbocycles. The van der Waals surface area contributed by atoms with Crippen LogP contribution in [-0.4, -0.2) is 43.2 Å². The maximum absolute atomic E-state index is 13.0. The second kappa shape index (κ2) is 7.24. The third-order valence-electron chi connectivity index (χ3n) is 4.80. The number of amides is 3. The number of fused-ring (bicyclic) bond motifs is 1. The molecule has 0 spiro atoms. The fraction of sp³-hybridized carbons (Fsp3) is 0.300. The number of rotatable bonds is 5. The highest BCUT2D eigenvalue weighted by atomic mass is 35.5. The van der Waals surface area contributed by atoms with Crippen LogP contribution < -0.4 is 19.5 Å². The number of imide groups is 1. The summed E-state index contributed by atoms with van der Waals surface area (Å²) in [5.74, 6) is 1.34. The third-order valence-corrected chi connectivity index (χ3v) is 5.12. The molecule has 7 nitrogen and oxygen atoms in total. The van der Waals surface area contributed by atoms with Crippen molar-refractivity contribution in [1.29, 1.82) is 0 Å². The molecule has 2 aliphatic heterocycles. The first-order valence-corrected chi connectivity index (χ1v) is 9.28. The lowest BCUT2D eigenvalue weighted by molar-refractivity contribution is -0.131. The maximum Gasteiger partial charge on any atom is 0.325 e. The van der Waals surface area contributed by atoms with Crippen molar-refractivity contribution in [2.75, 3.05) is 26.4 Å². The molecule has 0 unspecified atom stereocenters. The van der Waals surface area contributed by atoms with Crippen LogP contribution in [-0.2, 0) is 10.3 Å². The highest BCUT2D eigenvalue weighted by Crippen LogP contribution is 2.36. The van der Waals surface area contributed by atoms with Crippen LogP contribution in [0.15, 0.2) is 42.5 Å². The minimum Gasteiger partial charge on any atom is -0.490 e. The topological polar surface area (TPSA) is 77.1 Å². The van der Waals surface area contributed by atoms with Gasteiger partial charge in [0.25, 0.3) is 5.91 Å². The molecule has 1 fully saturated rings. The Morgan fingerprint density at radius 3 is 2.68 bits per heavy atom. The van der Waals surface area contributed by atoms with Gasteiger partial charge in [-0.05, 0) is 36.8 Å². The Morgan fingerprint density at radius 1 is 1.14 bits per heavy atom. The first-order chi connectivity index (χ1) is 13.5. The maximum atomic E-state index is 13.0. The van der Waals surface area contributed by atoms with Crippen molar-refractivity contribution in [2.45, 2.75) is 12.5 Å². The molecule has 3 amide bonds. The predicted molar refractivity (Wildman–Crippen MR) is 102 cm³/mol. The van der Waals surface area contributed by atoms with Gasteiger partial charge in [0.1, 0.15) is 31.1 Å². The first-order valence-electron chi connectivity index (χ1n) is 8.90. The number of hydrogen-bond donors (Lipinski definition) is 1. The predicted octanol–water partition coefficient (Wildman–Crippen LogP) is 2.96. The van der Waals surface area contributed by atoms with Crippen LogP contribution in [0.1, 0.15) is 12.5 Å². The summed E-state index contributed by atoms with van der Waals surface area (Å²) < 4.78 is 16.7. The average molecular weight is 403 g/mol. The number of nitrogens with one attached hydrogen (secondary N) is 1. The lowest BCUT2D eigenvalue weighted by atomic mass is 9.91. The van der Waals surface area contributed by atoms with Gasteiger partial charge < -0.3 is 19.5 Å². The summed E-state index contributed by atoms with van der Waals surface area (Å²) in [4.78, 5) is 26.6. The molecule has 0 bridgehead atoms. The van der Waals surface area contributed by atoms with Gasteiger partial charge in [-0.15, -0.1) is 0 Å². The lowest BCUT2D eigenvalue weighted by Gasteiger charge is -2.25. The smallest absolute Gasteiger partial charge is 0.325 e.